The zero-order valence-electron chi connectivity index (χ0n) is 18.0. The number of carbonyl (C=O) groups excluding carboxylic acids is 1. The Hall–Kier alpha value is -2.71. The van der Waals surface area contributed by atoms with E-state index < -0.39 is 0 Å². The van der Waals surface area contributed by atoms with E-state index in [-0.39, 0.29) is 5.91 Å². The molecule has 7 nitrogen and oxygen atoms in total. The number of aryl methyl sites for hydroxylation is 2. The fourth-order valence-corrected chi connectivity index (χ4v) is 4.38. The van der Waals surface area contributed by atoms with Gasteiger partial charge in [-0.15, -0.1) is 11.3 Å². The van der Waals surface area contributed by atoms with Crippen molar-refractivity contribution in [2.24, 2.45) is 0 Å². The average Bonchev–Trinajstić information content (AvgIpc) is 3.36. The van der Waals surface area contributed by atoms with Crippen molar-refractivity contribution in [3.05, 3.63) is 52.4 Å². The highest BCUT2D eigenvalue weighted by Crippen LogP contribution is 2.23. The van der Waals surface area contributed by atoms with Crippen LogP contribution in [0.5, 0.6) is 5.75 Å². The Bertz CT molecular complexity index is 998. The van der Waals surface area contributed by atoms with Crippen LogP contribution in [-0.4, -0.2) is 59.0 Å². The molecule has 0 saturated carbocycles. The summed E-state index contributed by atoms with van der Waals surface area (Å²) in [6.45, 7) is 6.31. The molecule has 0 spiro atoms. The van der Waals surface area contributed by atoms with Crippen LogP contribution in [0.4, 0.5) is 0 Å². The number of rotatable bonds is 7. The number of carbonyl (C=O) groups is 1. The number of benzene rings is 1. The maximum absolute atomic E-state index is 12.8. The first-order chi connectivity index (χ1) is 15.1. The molecule has 164 valence electrons. The predicted molar refractivity (Wildman–Crippen MR) is 120 cm³/mol. The molecule has 1 saturated heterocycles. The maximum Gasteiger partial charge on any atom is 0.223 e. The molecule has 31 heavy (non-hydrogen) atoms. The van der Waals surface area contributed by atoms with Gasteiger partial charge in [-0.25, -0.2) is 9.97 Å². The highest BCUT2D eigenvalue weighted by Gasteiger charge is 2.20. The highest BCUT2D eigenvalue weighted by molar-refractivity contribution is 7.09. The summed E-state index contributed by atoms with van der Waals surface area (Å²) in [6, 6.07) is 7.65. The van der Waals surface area contributed by atoms with E-state index in [0.717, 1.165) is 61.2 Å². The van der Waals surface area contributed by atoms with E-state index in [2.05, 4.69) is 20.2 Å². The van der Waals surface area contributed by atoms with Gasteiger partial charge in [-0.05, 0) is 37.6 Å². The van der Waals surface area contributed by atoms with Crippen molar-refractivity contribution >= 4 is 17.2 Å². The molecule has 8 heteroatoms. The minimum atomic E-state index is 0.163. The second-order valence-electron chi connectivity index (χ2n) is 7.72. The Balaban J connectivity index is 1.26. The van der Waals surface area contributed by atoms with Gasteiger partial charge in [0.25, 0.3) is 0 Å². The summed E-state index contributed by atoms with van der Waals surface area (Å²) in [6.07, 6.45) is 3.61. The van der Waals surface area contributed by atoms with Crippen LogP contribution in [0.25, 0.3) is 11.3 Å². The quantitative estimate of drug-likeness (QED) is 0.557. The molecule has 0 radical (unpaired) electrons. The van der Waals surface area contributed by atoms with Crippen LogP contribution in [-0.2, 0) is 17.8 Å². The number of oxazole rings is 1. The maximum atomic E-state index is 12.8. The highest BCUT2D eigenvalue weighted by atomic mass is 32.1. The first kappa shape index (κ1) is 21.5. The van der Waals surface area contributed by atoms with E-state index >= 15 is 0 Å². The second kappa shape index (κ2) is 10.1. The van der Waals surface area contributed by atoms with Crippen molar-refractivity contribution in [2.45, 2.75) is 32.7 Å². The molecule has 0 aliphatic carbocycles. The Morgan fingerprint density at radius 3 is 2.77 bits per heavy atom. The largest absolute Gasteiger partial charge is 0.497 e. The van der Waals surface area contributed by atoms with Gasteiger partial charge in [0.2, 0.25) is 5.91 Å². The van der Waals surface area contributed by atoms with E-state index in [4.69, 9.17) is 9.15 Å². The number of thiazole rings is 1. The summed E-state index contributed by atoms with van der Waals surface area (Å²) in [5, 5.41) is 3.22. The number of methoxy groups -OCH3 is 1. The summed E-state index contributed by atoms with van der Waals surface area (Å²) in [5.41, 5.74) is 2.06. The summed E-state index contributed by atoms with van der Waals surface area (Å²) < 4.78 is 11.0. The number of hydrogen-bond acceptors (Lipinski definition) is 7. The SMILES string of the molecule is COc1ccc(-c2cnc(CCC(=O)N3CCCN(Cc4csc(C)n4)CC3)o2)cc1. The number of hydrogen-bond donors (Lipinski definition) is 0. The van der Waals surface area contributed by atoms with Crippen molar-refractivity contribution in [3.63, 3.8) is 0 Å². The first-order valence-corrected chi connectivity index (χ1v) is 11.5. The molecule has 1 aliphatic rings. The predicted octanol–water partition coefficient (Wildman–Crippen LogP) is 3.78. The third-order valence-corrected chi connectivity index (χ3v) is 6.30. The molecule has 0 unspecified atom stereocenters. The van der Waals surface area contributed by atoms with Gasteiger partial charge in [-0.3, -0.25) is 9.69 Å². The third-order valence-electron chi connectivity index (χ3n) is 5.47. The molecule has 3 heterocycles. The molecule has 1 fully saturated rings. The molecule has 4 rings (SSSR count). The van der Waals surface area contributed by atoms with Crippen LogP contribution >= 0.6 is 11.3 Å². The van der Waals surface area contributed by atoms with Gasteiger partial charge in [0, 0.05) is 56.5 Å². The smallest absolute Gasteiger partial charge is 0.223 e. The van der Waals surface area contributed by atoms with Crippen LogP contribution in [0.15, 0.2) is 40.3 Å². The lowest BCUT2D eigenvalue weighted by atomic mass is 10.2. The second-order valence-corrected chi connectivity index (χ2v) is 8.78. The molecule has 0 bridgehead atoms. The van der Waals surface area contributed by atoms with Crippen molar-refractivity contribution in [1.82, 2.24) is 19.8 Å². The zero-order chi connectivity index (χ0) is 21.6. The number of aromatic nitrogens is 2. The first-order valence-electron chi connectivity index (χ1n) is 10.6. The fraction of sp³-hybridized carbons (Fsp3) is 0.435. The summed E-state index contributed by atoms with van der Waals surface area (Å²) in [4.78, 5) is 26.0. The molecule has 0 N–H and O–H groups in total. The molecule has 3 aromatic rings. The summed E-state index contributed by atoms with van der Waals surface area (Å²) >= 11 is 1.69. The van der Waals surface area contributed by atoms with Crippen LogP contribution in [0.3, 0.4) is 0 Å². The van der Waals surface area contributed by atoms with Crippen LogP contribution in [0, 0.1) is 6.92 Å². The van der Waals surface area contributed by atoms with Gasteiger partial charge >= 0.3 is 0 Å². The van der Waals surface area contributed by atoms with Crippen LogP contribution in [0.2, 0.25) is 0 Å². The minimum Gasteiger partial charge on any atom is -0.497 e. The zero-order valence-corrected chi connectivity index (χ0v) is 18.9. The lowest BCUT2D eigenvalue weighted by Gasteiger charge is -2.21. The molecule has 1 aliphatic heterocycles. The molecular weight excluding hydrogens is 412 g/mol. The van der Waals surface area contributed by atoms with Crippen molar-refractivity contribution in [2.75, 3.05) is 33.3 Å². The number of amides is 1. The molecule has 1 amide bonds. The van der Waals surface area contributed by atoms with Crippen molar-refractivity contribution in [1.29, 1.82) is 0 Å². The topological polar surface area (TPSA) is 71.7 Å². The van der Waals surface area contributed by atoms with Crippen molar-refractivity contribution < 1.29 is 13.9 Å². The monoisotopic (exact) mass is 440 g/mol. The Kier molecular flexibility index (Phi) is 6.99. The van der Waals surface area contributed by atoms with E-state index in [1.165, 1.54) is 0 Å². The Morgan fingerprint density at radius 2 is 2.03 bits per heavy atom. The van der Waals surface area contributed by atoms with E-state index in [1.807, 2.05) is 36.1 Å². The summed E-state index contributed by atoms with van der Waals surface area (Å²) in [7, 11) is 1.64. The van der Waals surface area contributed by atoms with Crippen molar-refractivity contribution in [3.8, 4) is 17.1 Å². The molecule has 2 aromatic heterocycles. The van der Waals surface area contributed by atoms with Gasteiger partial charge in [0.1, 0.15) is 5.75 Å². The lowest BCUT2D eigenvalue weighted by molar-refractivity contribution is -0.131. The summed E-state index contributed by atoms with van der Waals surface area (Å²) in [5.74, 6) is 2.25. The standard InChI is InChI=1S/C23H28N4O3S/c1-17-25-19(16-31-17)15-26-10-3-11-27(13-12-26)23(28)9-8-22-24-14-21(30-22)18-4-6-20(29-2)7-5-18/h4-7,14,16H,3,8-13,15H2,1-2H3. The lowest BCUT2D eigenvalue weighted by Crippen LogP contribution is -2.35. The van der Waals surface area contributed by atoms with Crippen LogP contribution < -0.4 is 4.74 Å². The normalized spacial score (nSPS) is 15.1. The van der Waals surface area contributed by atoms with Gasteiger partial charge in [-0.2, -0.15) is 0 Å². The third kappa shape index (κ3) is 5.71. The Morgan fingerprint density at radius 1 is 1.19 bits per heavy atom. The van der Waals surface area contributed by atoms with Gasteiger partial charge in [0.05, 0.1) is 24.0 Å². The van der Waals surface area contributed by atoms with E-state index in [9.17, 15) is 4.79 Å². The number of nitrogens with zero attached hydrogens (tertiary/aromatic N) is 4. The Labute approximate surface area is 186 Å². The van der Waals surface area contributed by atoms with Crippen LogP contribution in [0.1, 0.15) is 29.4 Å². The molecule has 1 aromatic carbocycles. The van der Waals surface area contributed by atoms with E-state index in [1.54, 1.807) is 24.6 Å². The van der Waals surface area contributed by atoms with Gasteiger partial charge in [0.15, 0.2) is 11.7 Å². The van der Waals surface area contributed by atoms with Gasteiger partial charge in [-0.1, -0.05) is 0 Å². The average molecular weight is 441 g/mol. The number of ether oxygens (including phenoxy) is 1. The fourth-order valence-electron chi connectivity index (χ4n) is 3.77. The molecule has 0 atom stereocenters. The molecular formula is C23H28N4O3S. The van der Waals surface area contributed by atoms with Gasteiger partial charge < -0.3 is 14.1 Å². The van der Waals surface area contributed by atoms with E-state index in [0.29, 0.717) is 24.5 Å². The minimum absolute atomic E-state index is 0.163.